The highest BCUT2D eigenvalue weighted by atomic mass is 16.5. The van der Waals surface area contributed by atoms with Gasteiger partial charge in [0.1, 0.15) is 11.2 Å². The minimum absolute atomic E-state index is 0.228. The van der Waals surface area contributed by atoms with Gasteiger partial charge in [-0.2, -0.15) is 0 Å². The highest BCUT2D eigenvalue weighted by Gasteiger charge is 2.13. The summed E-state index contributed by atoms with van der Waals surface area (Å²) in [4.78, 5) is 25.5. The van der Waals surface area contributed by atoms with Crippen LogP contribution in [0.1, 0.15) is 23.0 Å². The van der Waals surface area contributed by atoms with Crippen LogP contribution in [0.25, 0.3) is 5.65 Å². The Morgan fingerprint density at radius 2 is 2.31 bits per heavy atom. The Morgan fingerprint density at radius 1 is 1.56 bits per heavy atom. The van der Waals surface area contributed by atoms with Crippen LogP contribution >= 0.6 is 0 Å². The molecule has 2 rings (SSSR count). The topological polar surface area (TPSA) is 63.6 Å². The first kappa shape index (κ1) is 10.5. The van der Waals surface area contributed by atoms with Crippen molar-refractivity contribution in [2.24, 2.45) is 0 Å². The fourth-order valence-corrected chi connectivity index (χ4v) is 1.64. The molecule has 0 saturated heterocycles. The van der Waals surface area contributed by atoms with Crippen molar-refractivity contribution in [2.75, 3.05) is 6.61 Å². The molecular weight excluding hydrogens is 208 g/mol. The molecular formula is C11H12N2O3. The molecule has 0 bridgehead atoms. The van der Waals surface area contributed by atoms with E-state index in [1.54, 1.807) is 30.5 Å². The lowest BCUT2D eigenvalue weighted by Gasteiger charge is -2.02. The summed E-state index contributed by atoms with van der Waals surface area (Å²) in [5, 5.41) is 0. The number of nitrogens with zero attached hydrogens (tertiary/aromatic N) is 1. The number of ether oxygens (including phenoxy) is 1. The van der Waals surface area contributed by atoms with Gasteiger partial charge < -0.3 is 14.1 Å². The van der Waals surface area contributed by atoms with Crippen LogP contribution < -0.4 is 5.56 Å². The first-order valence-electron chi connectivity index (χ1n) is 5.01. The zero-order valence-corrected chi connectivity index (χ0v) is 9.11. The van der Waals surface area contributed by atoms with Gasteiger partial charge in [0.15, 0.2) is 0 Å². The molecule has 0 aliphatic rings. The van der Waals surface area contributed by atoms with E-state index in [9.17, 15) is 9.59 Å². The van der Waals surface area contributed by atoms with Gasteiger partial charge in [-0.3, -0.25) is 4.79 Å². The minimum Gasteiger partial charge on any atom is -0.462 e. The zero-order valence-electron chi connectivity index (χ0n) is 9.11. The summed E-state index contributed by atoms with van der Waals surface area (Å²) in [6.45, 7) is 3.85. The summed E-state index contributed by atoms with van der Waals surface area (Å²) in [5.41, 5.74) is 1.40. The molecule has 2 heterocycles. The number of aryl methyl sites for hydroxylation is 1. The van der Waals surface area contributed by atoms with Gasteiger partial charge in [-0.1, -0.05) is 0 Å². The largest absolute Gasteiger partial charge is 0.462 e. The third kappa shape index (κ3) is 1.60. The van der Waals surface area contributed by atoms with Crippen molar-refractivity contribution in [3.8, 4) is 0 Å². The van der Waals surface area contributed by atoms with E-state index in [0.717, 1.165) is 5.69 Å². The Labute approximate surface area is 91.7 Å². The second kappa shape index (κ2) is 3.84. The SMILES string of the molecule is CCOC(=O)c1ccn2c(C)cc(=O)[nH]c12. The lowest BCUT2D eigenvalue weighted by Crippen LogP contribution is -2.11. The molecule has 0 atom stereocenters. The van der Waals surface area contributed by atoms with Gasteiger partial charge >= 0.3 is 5.97 Å². The molecule has 0 unspecified atom stereocenters. The minimum atomic E-state index is -0.425. The lowest BCUT2D eigenvalue weighted by molar-refractivity contribution is 0.0528. The monoisotopic (exact) mass is 220 g/mol. The number of esters is 1. The summed E-state index contributed by atoms with van der Waals surface area (Å²) in [6, 6.07) is 3.11. The molecule has 1 N–H and O–H groups in total. The molecule has 16 heavy (non-hydrogen) atoms. The van der Waals surface area contributed by atoms with Crippen LogP contribution in [0.5, 0.6) is 0 Å². The van der Waals surface area contributed by atoms with Crippen molar-refractivity contribution >= 4 is 11.6 Å². The Bertz CT molecular complexity index is 595. The fourth-order valence-electron chi connectivity index (χ4n) is 1.64. The molecule has 0 saturated carbocycles. The number of hydrogen-bond donors (Lipinski definition) is 1. The summed E-state index contributed by atoms with van der Waals surface area (Å²) < 4.78 is 6.64. The maximum absolute atomic E-state index is 11.6. The number of carbonyl (C=O) groups is 1. The van der Waals surface area contributed by atoms with E-state index in [-0.39, 0.29) is 5.56 Å². The summed E-state index contributed by atoms with van der Waals surface area (Å²) in [6.07, 6.45) is 1.73. The first-order valence-corrected chi connectivity index (χ1v) is 5.01. The third-order valence-corrected chi connectivity index (χ3v) is 2.34. The van der Waals surface area contributed by atoms with Crippen molar-refractivity contribution in [3.05, 3.63) is 39.9 Å². The quantitative estimate of drug-likeness (QED) is 0.771. The van der Waals surface area contributed by atoms with E-state index < -0.39 is 5.97 Å². The summed E-state index contributed by atoms with van der Waals surface area (Å²) in [7, 11) is 0. The van der Waals surface area contributed by atoms with Crippen LogP contribution in [0.4, 0.5) is 0 Å². The molecule has 0 aliphatic heterocycles. The highest BCUT2D eigenvalue weighted by molar-refractivity contribution is 5.96. The molecule has 2 aromatic rings. The van der Waals surface area contributed by atoms with Gasteiger partial charge in [0.2, 0.25) is 0 Å². The van der Waals surface area contributed by atoms with E-state index >= 15 is 0 Å². The third-order valence-electron chi connectivity index (χ3n) is 2.34. The molecule has 0 aromatic carbocycles. The van der Waals surface area contributed by atoms with Crippen molar-refractivity contribution in [1.29, 1.82) is 0 Å². The van der Waals surface area contributed by atoms with Gasteiger partial charge in [-0.25, -0.2) is 4.79 Å². The number of nitrogens with one attached hydrogen (secondary N) is 1. The number of fused-ring (bicyclic) bond motifs is 1. The average Bonchev–Trinajstić information content (AvgIpc) is 2.61. The van der Waals surface area contributed by atoms with Crippen molar-refractivity contribution < 1.29 is 9.53 Å². The van der Waals surface area contributed by atoms with Crippen LogP contribution in [0.2, 0.25) is 0 Å². The number of aromatic amines is 1. The van der Waals surface area contributed by atoms with Crippen molar-refractivity contribution in [3.63, 3.8) is 0 Å². The predicted octanol–water partition coefficient (Wildman–Crippen LogP) is 1.11. The Kier molecular flexibility index (Phi) is 2.52. The van der Waals surface area contributed by atoms with Gasteiger partial charge in [0.25, 0.3) is 5.56 Å². The molecule has 0 spiro atoms. The second-order valence-corrected chi connectivity index (χ2v) is 3.44. The Hall–Kier alpha value is -2.04. The summed E-state index contributed by atoms with van der Waals surface area (Å²) >= 11 is 0. The zero-order chi connectivity index (χ0) is 11.7. The van der Waals surface area contributed by atoms with Gasteiger partial charge in [0.05, 0.1) is 6.61 Å². The Morgan fingerprint density at radius 3 is 3.00 bits per heavy atom. The number of H-pyrrole nitrogens is 1. The smallest absolute Gasteiger partial charge is 0.341 e. The fraction of sp³-hybridized carbons (Fsp3) is 0.273. The maximum atomic E-state index is 11.6. The summed E-state index contributed by atoms with van der Waals surface area (Å²) in [5.74, 6) is -0.425. The van der Waals surface area contributed by atoms with Crippen LogP contribution in [0.3, 0.4) is 0 Å². The standard InChI is InChI=1S/C11H12N2O3/c1-3-16-11(15)8-4-5-13-7(2)6-9(14)12-10(8)13/h4-6H,3H2,1-2H3,(H,12,14). The average molecular weight is 220 g/mol. The molecule has 0 aliphatic carbocycles. The predicted molar refractivity (Wildman–Crippen MR) is 58.7 cm³/mol. The van der Waals surface area contributed by atoms with E-state index in [1.165, 1.54) is 6.07 Å². The van der Waals surface area contributed by atoms with E-state index in [0.29, 0.717) is 17.8 Å². The molecule has 0 amide bonds. The number of carbonyl (C=O) groups excluding carboxylic acids is 1. The first-order chi connectivity index (χ1) is 7.63. The van der Waals surface area contributed by atoms with Gasteiger partial charge in [0, 0.05) is 18.0 Å². The van der Waals surface area contributed by atoms with E-state index in [4.69, 9.17) is 4.74 Å². The van der Waals surface area contributed by atoms with Gasteiger partial charge in [-0.15, -0.1) is 0 Å². The Balaban J connectivity index is 2.64. The normalized spacial score (nSPS) is 10.6. The van der Waals surface area contributed by atoms with E-state index in [1.807, 2.05) is 0 Å². The highest BCUT2D eigenvalue weighted by Crippen LogP contribution is 2.11. The van der Waals surface area contributed by atoms with Crippen molar-refractivity contribution in [2.45, 2.75) is 13.8 Å². The van der Waals surface area contributed by atoms with Crippen LogP contribution in [-0.4, -0.2) is 22.0 Å². The lowest BCUT2D eigenvalue weighted by atomic mass is 10.3. The molecule has 0 radical (unpaired) electrons. The molecule has 5 heteroatoms. The molecule has 0 fully saturated rings. The van der Waals surface area contributed by atoms with Crippen LogP contribution in [0.15, 0.2) is 23.1 Å². The molecule has 2 aromatic heterocycles. The number of rotatable bonds is 2. The van der Waals surface area contributed by atoms with E-state index in [2.05, 4.69) is 4.98 Å². The van der Waals surface area contributed by atoms with Crippen LogP contribution in [-0.2, 0) is 4.74 Å². The maximum Gasteiger partial charge on any atom is 0.341 e. The number of aromatic nitrogens is 2. The number of hydrogen-bond acceptors (Lipinski definition) is 3. The molecule has 5 nitrogen and oxygen atoms in total. The second-order valence-electron chi connectivity index (χ2n) is 3.44. The van der Waals surface area contributed by atoms with Crippen LogP contribution in [0, 0.1) is 6.92 Å². The van der Waals surface area contributed by atoms with Crippen molar-refractivity contribution in [1.82, 2.24) is 9.38 Å². The van der Waals surface area contributed by atoms with Gasteiger partial charge in [-0.05, 0) is 19.9 Å². The molecule has 84 valence electrons.